The van der Waals surface area contributed by atoms with Crippen LogP contribution in [0.4, 0.5) is 0 Å². The van der Waals surface area contributed by atoms with E-state index in [4.69, 9.17) is 9.47 Å². The van der Waals surface area contributed by atoms with Gasteiger partial charge in [-0.3, -0.25) is 14.4 Å². The van der Waals surface area contributed by atoms with Crippen LogP contribution in [0.5, 0.6) is 11.5 Å². The summed E-state index contributed by atoms with van der Waals surface area (Å²) >= 11 is 0. The molecule has 1 aromatic heterocycles. The second-order valence-electron chi connectivity index (χ2n) is 10.1. The van der Waals surface area contributed by atoms with Gasteiger partial charge in [-0.05, 0) is 56.7 Å². The van der Waals surface area contributed by atoms with Gasteiger partial charge in [0.1, 0.15) is 30.3 Å². The standard InChI is InChI=1S/C29H38N4O4/c1-22-8-10-27(11-9-22)37-21-29(35)19-31(12-13-32(20-29)25(4)34)18-26-6-5-7-28(17-26)36-15-14-33-24(3)16-23(2)30-33/h5-11,16-17,35H,12-15,18-21H2,1-4H3. The quantitative estimate of drug-likeness (QED) is 0.480. The Morgan fingerprint density at radius 1 is 1.00 bits per heavy atom. The third-order valence-corrected chi connectivity index (χ3v) is 6.64. The summed E-state index contributed by atoms with van der Waals surface area (Å²) in [5.74, 6) is 1.46. The van der Waals surface area contributed by atoms with E-state index >= 15 is 0 Å². The van der Waals surface area contributed by atoms with E-state index in [1.54, 1.807) is 11.8 Å². The molecule has 0 bridgehead atoms. The number of hydrogen-bond donors (Lipinski definition) is 1. The summed E-state index contributed by atoms with van der Waals surface area (Å²) in [4.78, 5) is 16.1. The molecule has 0 aliphatic carbocycles. The minimum absolute atomic E-state index is 0.0476. The van der Waals surface area contributed by atoms with Gasteiger partial charge < -0.3 is 19.5 Å². The molecule has 8 nitrogen and oxygen atoms in total. The van der Waals surface area contributed by atoms with Crippen LogP contribution in [0.3, 0.4) is 0 Å². The number of carbonyl (C=O) groups excluding carboxylic acids is 1. The van der Waals surface area contributed by atoms with Crippen LogP contribution in [-0.4, -0.2) is 75.6 Å². The molecule has 4 rings (SSSR count). The van der Waals surface area contributed by atoms with Crippen LogP contribution in [-0.2, 0) is 17.9 Å². The summed E-state index contributed by atoms with van der Waals surface area (Å²) < 4.78 is 13.9. The highest BCUT2D eigenvalue weighted by Crippen LogP contribution is 2.21. The van der Waals surface area contributed by atoms with Crippen molar-refractivity contribution in [2.75, 3.05) is 39.4 Å². The van der Waals surface area contributed by atoms with Crippen molar-refractivity contribution in [1.82, 2.24) is 19.6 Å². The number of β-amino-alcohol motifs (C(OH)–C–C–N with tert-alkyl or cyclic N) is 1. The van der Waals surface area contributed by atoms with Gasteiger partial charge >= 0.3 is 0 Å². The Kier molecular flexibility index (Phi) is 8.51. The number of benzene rings is 2. The van der Waals surface area contributed by atoms with Gasteiger partial charge in [0, 0.05) is 38.8 Å². The van der Waals surface area contributed by atoms with Gasteiger partial charge in [0.05, 0.1) is 18.8 Å². The van der Waals surface area contributed by atoms with E-state index in [0.29, 0.717) is 45.1 Å². The maximum Gasteiger partial charge on any atom is 0.219 e. The molecule has 1 fully saturated rings. The molecule has 0 saturated carbocycles. The molecule has 0 spiro atoms. The fourth-order valence-corrected chi connectivity index (χ4v) is 4.73. The van der Waals surface area contributed by atoms with Crippen LogP contribution in [0, 0.1) is 20.8 Å². The zero-order chi connectivity index (χ0) is 26.4. The number of aromatic nitrogens is 2. The Balaban J connectivity index is 1.39. The second kappa shape index (κ2) is 11.8. The van der Waals surface area contributed by atoms with Crippen LogP contribution >= 0.6 is 0 Å². The SMILES string of the molecule is CC(=O)N1CCN(Cc2cccc(OCCn3nc(C)cc3C)c2)CC(O)(COc2ccc(C)cc2)C1. The number of aliphatic hydroxyl groups is 1. The molecule has 1 saturated heterocycles. The summed E-state index contributed by atoms with van der Waals surface area (Å²) in [6.07, 6.45) is 0. The summed E-state index contributed by atoms with van der Waals surface area (Å²) in [7, 11) is 0. The van der Waals surface area contributed by atoms with Gasteiger partial charge in [-0.25, -0.2) is 0 Å². The molecule has 1 unspecified atom stereocenters. The van der Waals surface area contributed by atoms with E-state index in [2.05, 4.69) is 22.1 Å². The average Bonchev–Trinajstić information content (AvgIpc) is 3.07. The van der Waals surface area contributed by atoms with Crippen LogP contribution in [0.2, 0.25) is 0 Å². The lowest BCUT2D eigenvalue weighted by atomic mass is 10.0. The lowest BCUT2D eigenvalue weighted by Gasteiger charge is -2.32. The molecule has 1 aliphatic heterocycles. The van der Waals surface area contributed by atoms with Crippen molar-refractivity contribution in [3.63, 3.8) is 0 Å². The molecular weight excluding hydrogens is 468 g/mol. The molecule has 2 heterocycles. The fourth-order valence-electron chi connectivity index (χ4n) is 4.73. The van der Waals surface area contributed by atoms with Crippen LogP contribution in [0.25, 0.3) is 0 Å². The Morgan fingerprint density at radius 2 is 1.78 bits per heavy atom. The Bertz CT molecular complexity index is 1190. The first-order valence-corrected chi connectivity index (χ1v) is 12.8. The highest BCUT2D eigenvalue weighted by atomic mass is 16.5. The topological polar surface area (TPSA) is 80.1 Å². The minimum atomic E-state index is -1.19. The van der Waals surface area contributed by atoms with Crippen LogP contribution < -0.4 is 9.47 Å². The molecule has 37 heavy (non-hydrogen) atoms. The summed E-state index contributed by atoms with van der Waals surface area (Å²) in [5.41, 5.74) is 3.16. The molecule has 1 amide bonds. The fraction of sp³-hybridized carbons (Fsp3) is 0.448. The van der Waals surface area contributed by atoms with Gasteiger partial charge in [0.2, 0.25) is 5.91 Å². The summed E-state index contributed by atoms with van der Waals surface area (Å²) in [6, 6.07) is 17.9. The van der Waals surface area contributed by atoms with E-state index < -0.39 is 5.60 Å². The van der Waals surface area contributed by atoms with Gasteiger partial charge in [-0.1, -0.05) is 29.8 Å². The number of ether oxygens (including phenoxy) is 2. The molecule has 1 aliphatic rings. The first kappa shape index (κ1) is 26.7. The van der Waals surface area contributed by atoms with E-state index in [9.17, 15) is 9.90 Å². The monoisotopic (exact) mass is 506 g/mol. The van der Waals surface area contributed by atoms with Crippen molar-refractivity contribution in [1.29, 1.82) is 0 Å². The van der Waals surface area contributed by atoms with Crippen LogP contribution in [0.1, 0.15) is 29.4 Å². The lowest BCUT2D eigenvalue weighted by Crippen LogP contribution is -2.51. The highest BCUT2D eigenvalue weighted by molar-refractivity contribution is 5.73. The Labute approximate surface area is 219 Å². The molecule has 0 radical (unpaired) electrons. The summed E-state index contributed by atoms with van der Waals surface area (Å²) in [6.45, 7) is 11.4. The first-order chi connectivity index (χ1) is 17.7. The predicted octanol–water partition coefficient (Wildman–Crippen LogP) is 3.36. The molecule has 2 aromatic carbocycles. The van der Waals surface area contributed by atoms with E-state index in [1.807, 2.05) is 67.9 Å². The van der Waals surface area contributed by atoms with E-state index in [1.165, 1.54) is 0 Å². The average molecular weight is 507 g/mol. The maximum absolute atomic E-state index is 12.2. The third kappa shape index (κ3) is 7.57. The van der Waals surface area contributed by atoms with Crippen LogP contribution in [0.15, 0.2) is 54.6 Å². The van der Waals surface area contributed by atoms with Gasteiger partial charge in [-0.2, -0.15) is 5.10 Å². The van der Waals surface area contributed by atoms with Crippen molar-refractivity contribution in [2.24, 2.45) is 0 Å². The first-order valence-electron chi connectivity index (χ1n) is 12.8. The van der Waals surface area contributed by atoms with Crippen molar-refractivity contribution >= 4 is 5.91 Å². The number of amides is 1. The second-order valence-corrected chi connectivity index (χ2v) is 10.1. The lowest BCUT2D eigenvalue weighted by molar-refractivity contribution is -0.132. The van der Waals surface area contributed by atoms with Gasteiger partial charge in [0.15, 0.2) is 0 Å². The highest BCUT2D eigenvalue weighted by Gasteiger charge is 2.36. The zero-order valence-corrected chi connectivity index (χ0v) is 22.3. The number of hydrogen-bond acceptors (Lipinski definition) is 6. The normalized spacial score (nSPS) is 18.5. The minimum Gasteiger partial charge on any atom is -0.492 e. The number of rotatable bonds is 9. The number of nitrogens with zero attached hydrogens (tertiary/aromatic N) is 4. The molecule has 198 valence electrons. The molecule has 8 heteroatoms. The zero-order valence-electron chi connectivity index (χ0n) is 22.3. The molecule has 1 N–H and O–H groups in total. The van der Waals surface area contributed by atoms with Gasteiger partial charge in [0.25, 0.3) is 0 Å². The summed E-state index contributed by atoms with van der Waals surface area (Å²) in [5, 5.41) is 16.0. The van der Waals surface area contributed by atoms with Crippen molar-refractivity contribution in [2.45, 2.75) is 46.4 Å². The Morgan fingerprint density at radius 3 is 2.49 bits per heavy atom. The van der Waals surface area contributed by atoms with E-state index in [0.717, 1.165) is 28.3 Å². The largest absolute Gasteiger partial charge is 0.492 e. The third-order valence-electron chi connectivity index (χ3n) is 6.64. The number of aryl methyl sites for hydroxylation is 3. The Hall–Kier alpha value is -3.36. The smallest absolute Gasteiger partial charge is 0.219 e. The van der Waals surface area contributed by atoms with E-state index in [-0.39, 0.29) is 19.1 Å². The number of carbonyl (C=O) groups is 1. The van der Waals surface area contributed by atoms with Crippen molar-refractivity contribution in [3.8, 4) is 11.5 Å². The van der Waals surface area contributed by atoms with Crippen molar-refractivity contribution < 1.29 is 19.4 Å². The van der Waals surface area contributed by atoms with Crippen molar-refractivity contribution in [3.05, 3.63) is 77.1 Å². The molecular formula is C29H38N4O4. The molecule has 1 atom stereocenters. The van der Waals surface area contributed by atoms with Gasteiger partial charge in [-0.15, -0.1) is 0 Å². The predicted molar refractivity (Wildman–Crippen MR) is 143 cm³/mol. The molecule has 3 aromatic rings. The maximum atomic E-state index is 12.2.